The molecule has 1 amide bonds. The van der Waals surface area contributed by atoms with Crippen LogP contribution < -0.4 is 10.6 Å². The standard InChI is InChI=1S/C28H33FN6O4/c1-28(2,38)25(29)16-32-27(37)21-15-31-23(24-9-8-20-10-18(13-30)14-33-35(20)24)12-22(21)34-19-6-4-17(5-7-19)11-26(36)39-3/h8-10,12,14-15,17,19,25,38H,4-7,11,16H2,1-3H3,(H,31,34)(H,32,37)/t17?,19?,25-/m1/s1. The molecule has 0 unspecified atom stereocenters. The summed E-state index contributed by atoms with van der Waals surface area (Å²) in [5.41, 5.74) is 1.60. The summed E-state index contributed by atoms with van der Waals surface area (Å²) in [6.45, 7) is 2.34. The predicted octanol–water partition coefficient (Wildman–Crippen LogP) is 3.64. The van der Waals surface area contributed by atoms with Gasteiger partial charge in [0.25, 0.3) is 5.91 Å². The lowest BCUT2D eigenvalue weighted by Crippen LogP contribution is -2.42. The van der Waals surface area contributed by atoms with Gasteiger partial charge >= 0.3 is 5.97 Å². The average Bonchev–Trinajstić information content (AvgIpc) is 3.35. The maximum Gasteiger partial charge on any atom is 0.305 e. The van der Waals surface area contributed by atoms with Crippen LogP contribution in [0.4, 0.5) is 10.1 Å². The first kappa shape index (κ1) is 28.0. The molecule has 4 rings (SSSR count). The molecule has 3 heterocycles. The van der Waals surface area contributed by atoms with E-state index in [1.54, 1.807) is 16.6 Å². The second-order valence-corrected chi connectivity index (χ2v) is 10.5. The Morgan fingerprint density at radius 1 is 1.26 bits per heavy atom. The zero-order valence-electron chi connectivity index (χ0n) is 22.3. The van der Waals surface area contributed by atoms with E-state index in [2.05, 4.69) is 26.8 Å². The number of nitriles is 1. The van der Waals surface area contributed by atoms with Gasteiger partial charge in [-0.25, -0.2) is 8.91 Å². The number of anilines is 1. The van der Waals surface area contributed by atoms with Crippen LogP contribution in [-0.2, 0) is 9.53 Å². The summed E-state index contributed by atoms with van der Waals surface area (Å²) in [5.74, 6) is -0.470. The molecule has 3 N–H and O–H groups in total. The summed E-state index contributed by atoms with van der Waals surface area (Å²) in [6.07, 6.45) is 4.95. The Hall–Kier alpha value is -4.04. The van der Waals surface area contributed by atoms with E-state index >= 15 is 0 Å². The number of pyridine rings is 1. The number of amides is 1. The Morgan fingerprint density at radius 2 is 2.00 bits per heavy atom. The predicted molar refractivity (Wildman–Crippen MR) is 143 cm³/mol. The molecular formula is C28H33FN6O4. The number of aliphatic hydroxyl groups is 1. The highest BCUT2D eigenvalue weighted by Crippen LogP contribution is 2.31. The van der Waals surface area contributed by atoms with Crippen LogP contribution >= 0.6 is 0 Å². The zero-order chi connectivity index (χ0) is 28.2. The van der Waals surface area contributed by atoms with Crippen molar-refractivity contribution in [3.63, 3.8) is 0 Å². The number of esters is 1. The normalized spacial score (nSPS) is 18.3. The third kappa shape index (κ3) is 6.70. The molecule has 206 valence electrons. The van der Waals surface area contributed by atoms with E-state index < -0.39 is 17.7 Å². The van der Waals surface area contributed by atoms with Crippen molar-refractivity contribution >= 4 is 23.1 Å². The summed E-state index contributed by atoms with van der Waals surface area (Å²) in [6, 6.07) is 9.29. The fourth-order valence-corrected chi connectivity index (χ4v) is 4.73. The monoisotopic (exact) mass is 536 g/mol. The van der Waals surface area contributed by atoms with Crippen molar-refractivity contribution in [2.45, 2.75) is 63.8 Å². The quantitative estimate of drug-likeness (QED) is 0.352. The molecule has 10 nitrogen and oxygen atoms in total. The van der Waals surface area contributed by atoms with Gasteiger partial charge in [0, 0.05) is 18.7 Å². The SMILES string of the molecule is COC(=O)CC1CCC(Nc2cc(-c3ccc4cc(C#N)cnn34)ncc2C(=O)NC[C@@H](F)C(C)(C)O)CC1. The lowest BCUT2D eigenvalue weighted by Gasteiger charge is -2.30. The third-order valence-electron chi connectivity index (χ3n) is 7.14. The van der Waals surface area contributed by atoms with Crippen molar-refractivity contribution in [2.24, 2.45) is 5.92 Å². The number of halogens is 1. The summed E-state index contributed by atoms with van der Waals surface area (Å²) >= 11 is 0. The van der Waals surface area contributed by atoms with Gasteiger partial charge in [0.05, 0.1) is 59.2 Å². The van der Waals surface area contributed by atoms with Gasteiger partial charge in [0.2, 0.25) is 0 Å². The molecule has 0 radical (unpaired) electrons. The van der Waals surface area contributed by atoms with Gasteiger partial charge in [-0.2, -0.15) is 10.4 Å². The number of methoxy groups -OCH3 is 1. The molecular weight excluding hydrogens is 503 g/mol. The Labute approximate surface area is 226 Å². The molecule has 11 heteroatoms. The Morgan fingerprint density at radius 3 is 2.67 bits per heavy atom. The van der Waals surface area contributed by atoms with E-state index in [-0.39, 0.29) is 30.0 Å². The summed E-state index contributed by atoms with van der Waals surface area (Å²) in [4.78, 5) is 29.3. The minimum Gasteiger partial charge on any atom is -0.469 e. The maximum absolute atomic E-state index is 14.3. The average molecular weight is 537 g/mol. The van der Waals surface area contributed by atoms with Gasteiger partial charge in [-0.05, 0) is 69.7 Å². The molecule has 0 aromatic carbocycles. The van der Waals surface area contributed by atoms with Gasteiger partial charge in [-0.3, -0.25) is 14.6 Å². The van der Waals surface area contributed by atoms with E-state index in [4.69, 9.17) is 4.74 Å². The first-order valence-corrected chi connectivity index (χ1v) is 12.9. The van der Waals surface area contributed by atoms with Crippen LogP contribution in [0.1, 0.15) is 61.9 Å². The molecule has 1 aliphatic carbocycles. The van der Waals surface area contributed by atoms with Crippen molar-refractivity contribution in [1.82, 2.24) is 19.9 Å². The van der Waals surface area contributed by atoms with Crippen LogP contribution in [0.15, 0.2) is 36.7 Å². The molecule has 0 aliphatic heterocycles. The summed E-state index contributed by atoms with van der Waals surface area (Å²) < 4.78 is 20.8. The second kappa shape index (κ2) is 11.8. The number of carbonyl (C=O) groups is 2. The minimum absolute atomic E-state index is 0.0615. The minimum atomic E-state index is -1.65. The van der Waals surface area contributed by atoms with Gasteiger partial charge in [-0.1, -0.05) is 0 Å². The topological polar surface area (TPSA) is 142 Å². The molecule has 3 aromatic heterocycles. The largest absolute Gasteiger partial charge is 0.469 e. The number of fused-ring (bicyclic) bond motifs is 1. The highest BCUT2D eigenvalue weighted by Gasteiger charge is 2.28. The second-order valence-electron chi connectivity index (χ2n) is 10.5. The van der Waals surface area contributed by atoms with E-state index in [9.17, 15) is 24.3 Å². The van der Waals surface area contributed by atoms with Crippen LogP contribution in [0.2, 0.25) is 0 Å². The fraction of sp³-hybridized carbons (Fsp3) is 0.464. The van der Waals surface area contributed by atoms with Crippen LogP contribution in [-0.4, -0.2) is 63.1 Å². The Kier molecular flexibility index (Phi) is 8.45. The van der Waals surface area contributed by atoms with Crippen LogP contribution in [0, 0.1) is 17.2 Å². The molecule has 0 spiro atoms. The number of aromatic nitrogens is 3. The third-order valence-corrected chi connectivity index (χ3v) is 7.14. The number of hydrogen-bond acceptors (Lipinski definition) is 8. The van der Waals surface area contributed by atoms with Crippen molar-refractivity contribution < 1.29 is 23.8 Å². The Bertz CT molecular complexity index is 1380. The molecule has 1 aliphatic rings. The number of nitrogens with one attached hydrogen (secondary N) is 2. The smallest absolute Gasteiger partial charge is 0.305 e. The van der Waals surface area contributed by atoms with E-state index in [0.717, 1.165) is 31.2 Å². The zero-order valence-corrected chi connectivity index (χ0v) is 22.3. The molecule has 1 saturated carbocycles. The number of carbonyl (C=O) groups excluding carboxylic acids is 2. The van der Waals surface area contributed by atoms with E-state index in [0.29, 0.717) is 29.1 Å². The fourth-order valence-electron chi connectivity index (χ4n) is 4.73. The highest BCUT2D eigenvalue weighted by molar-refractivity contribution is 6.00. The number of ether oxygens (including phenoxy) is 1. The lowest BCUT2D eigenvalue weighted by molar-refractivity contribution is -0.142. The molecule has 1 atom stereocenters. The summed E-state index contributed by atoms with van der Waals surface area (Å²) in [7, 11) is 1.39. The lowest BCUT2D eigenvalue weighted by atomic mass is 9.84. The van der Waals surface area contributed by atoms with Crippen LogP contribution in [0.5, 0.6) is 0 Å². The molecule has 3 aromatic rings. The number of hydrogen-bond donors (Lipinski definition) is 3. The van der Waals surface area contributed by atoms with Gasteiger partial charge < -0.3 is 20.5 Å². The highest BCUT2D eigenvalue weighted by atomic mass is 19.1. The van der Waals surface area contributed by atoms with Crippen LogP contribution in [0.25, 0.3) is 16.9 Å². The number of rotatable bonds is 9. The van der Waals surface area contributed by atoms with Gasteiger partial charge in [0.15, 0.2) is 0 Å². The van der Waals surface area contributed by atoms with Crippen molar-refractivity contribution in [2.75, 3.05) is 19.0 Å². The summed E-state index contributed by atoms with van der Waals surface area (Å²) in [5, 5.41) is 29.4. The molecule has 39 heavy (non-hydrogen) atoms. The first-order valence-electron chi connectivity index (χ1n) is 12.9. The first-order chi connectivity index (χ1) is 18.6. The number of nitrogens with zero attached hydrogens (tertiary/aromatic N) is 4. The molecule has 0 bridgehead atoms. The van der Waals surface area contributed by atoms with Crippen molar-refractivity contribution in [1.29, 1.82) is 5.26 Å². The molecule has 0 saturated heterocycles. The van der Waals surface area contributed by atoms with Crippen molar-refractivity contribution in [3.8, 4) is 17.5 Å². The maximum atomic E-state index is 14.3. The van der Waals surface area contributed by atoms with Crippen LogP contribution in [0.3, 0.4) is 0 Å². The molecule has 1 fully saturated rings. The number of alkyl halides is 1. The van der Waals surface area contributed by atoms with Crippen molar-refractivity contribution in [3.05, 3.63) is 47.8 Å². The van der Waals surface area contributed by atoms with E-state index in [1.165, 1.54) is 33.4 Å². The Balaban J connectivity index is 1.59. The van der Waals surface area contributed by atoms with E-state index in [1.807, 2.05) is 12.1 Å². The van der Waals surface area contributed by atoms with Gasteiger partial charge in [-0.15, -0.1) is 0 Å². The van der Waals surface area contributed by atoms with Gasteiger partial charge in [0.1, 0.15) is 12.2 Å².